The molecule has 0 saturated carbocycles. The lowest BCUT2D eigenvalue weighted by Crippen LogP contribution is -2.24. The molecule has 1 heterocycles. The maximum atomic E-state index is 13.0. The number of nitrogens with zero attached hydrogens (tertiary/aromatic N) is 3. The van der Waals surface area contributed by atoms with Gasteiger partial charge in [0.2, 0.25) is 0 Å². The highest BCUT2D eigenvalue weighted by Crippen LogP contribution is 2.31. The Hall–Kier alpha value is -3.89. The van der Waals surface area contributed by atoms with Crippen LogP contribution in [-0.4, -0.2) is 45.7 Å². The second kappa shape index (κ2) is 11.9. The molecule has 194 valence electrons. The minimum absolute atomic E-state index is 0.123. The zero-order valence-corrected chi connectivity index (χ0v) is 20.2. The lowest BCUT2D eigenvalue weighted by atomic mass is 10.1. The van der Waals surface area contributed by atoms with E-state index in [-0.39, 0.29) is 12.6 Å². The van der Waals surface area contributed by atoms with Crippen molar-refractivity contribution in [2.75, 3.05) is 25.1 Å². The van der Waals surface area contributed by atoms with E-state index < -0.39 is 17.8 Å². The molecule has 1 atom stereocenters. The quantitative estimate of drug-likeness (QED) is 0.282. The monoisotopic (exact) mass is 512 g/mol. The van der Waals surface area contributed by atoms with Crippen molar-refractivity contribution in [2.24, 2.45) is 0 Å². The molecule has 0 radical (unpaired) electrons. The van der Waals surface area contributed by atoms with E-state index in [9.17, 15) is 18.3 Å². The van der Waals surface area contributed by atoms with E-state index in [2.05, 4.69) is 15.4 Å². The van der Waals surface area contributed by atoms with E-state index in [1.54, 1.807) is 19.1 Å². The molecule has 4 rings (SSSR count). The normalized spacial score (nSPS) is 12.4. The third-order valence-electron chi connectivity index (χ3n) is 5.41. The van der Waals surface area contributed by atoms with Crippen molar-refractivity contribution in [1.82, 2.24) is 14.8 Å². The summed E-state index contributed by atoms with van der Waals surface area (Å²) in [6.45, 7) is 3.05. The van der Waals surface area contributed by atoms with Crippen LogP contribution in [-0.2, 0) is 17.5 Å². The van der Waals surface area contributed by atoms with Crippen LogP contribution in [0.5, 0.6) is 6.01 Å². The smallest absolute Gasteiger partial charge is 0.416 e. The van der Waals surface area contributed by atoms with E-state index in [0.29, 0.717) is 36.8 Å². The molecule has 0 fully saturated rings. The van der Waals surface area contributed by atoms with Gasteiger partial charge in [-0.15, -0.1) is 5.10 Å². The summed E-state index contributed by atoms with van der Waals surface area (Å²) in [6, 6.07) is 21.8. The summed E-state index contributed by atoms with van der Waals surface area (Å²) in [4.78, 5) is 4.36. The Bertz CT molecular complexity index is 1260. The van der Waals surface area contributed by atoms with Crippen LogP contribution in [0.2, 0.25) is 0 Å². The molecule has 3 aromatic carbocycles. The van der Waals surface area contributed by atoms with Crippen LogP contribution in [0.1, 0.15) is 18.1 Å². The highest BCUT2D eigenvalue weighted by atomic mass is 19.4. The van der Waals surface area contributed by atoms with E-state index in [1.165, 1.54) is 16.8 Å². The van der Waals surface area contributed by atoms with Gasteiger partial charge in [0.05, 0.1) is 37.2 Å². The van der Waals surface area contributed by atoms with Gasteiger partial charge in [-0.05, 0) is 48.9 Å². The Balaban J connectivity index is 1.41. The lowest BCUT2D eigenvalue weighted by Gasteiger charge is -2.14. The minimum Gasteiger partial charge on any atom is -0.463 e. The van der Waals surface area contributed by atoms with Gasteiger partial charge in [0.15, 0.2) is 5.82 Å². The number of alkyl halides is 3. The van der Waals surface area contributed by atoms with Crippen LogP contribution in [0, 0.1) is 0 Å². The molecule has 0 aliphatic rings. The molecule has 7 nitrogen and oxygen atoms in total. The maximum absolute atomic E-state index is 13.0. The van der Waals surface area contributed by atoms with Gasteiger partial charge < -0.3 is 19.9 Å². The van der Waals surface area contributed by atoms with Crippen LogP contribution < -0.4 is 10.1 Å². The average molecular weight is 513 g/mol. The highest BCUT2D eigenvalue weighted by molar-refractivity contribution is 5.60. The predicted octanol–water partition coefficient (Wildman–Crippen LogP) is 5.34. The number of aliphatic hydroxyl groups is 1. The molecule has 37 heavy (non-hydrogen) atoms. The van der Waals surface area contributed by atoms with Gasteiger partial charge in [-0.2, -0.15) is 18.2 Å². The largest absolute Gasteiger partial charge is 0.463 e. The van der Waals surface area contributed by atoms with E-state index in [4.69, 9.17) is 9.47 Å². The SMILES string of the molecule is CCOc1nc(-c2ccc(C(F)(F)F)cc2)n(-c2ccc(NC[C@H](O)COCc3ccccc3)cc2)n1. The fourth-order valence-corrected chi connectivity index (χ4v) is 3.56. The van der Waals surface area contributed by atoms with Crippen molar-refractivity contribution in [2.45, 2.75) is 25.8 Å². The van der Waals surface area contributed by atoms with Gasteiger partial charge in [-0.25, -0.2) is 4.68 Å². The number of benzene rings is 3. The molecule has 0 unspecified atom stereocenters. The van der Waals surface area contributed by atoms with Crippen LogP contribution >= 0.6 is 0 Å². The van der Waals surface area contributed by atoms with Gasteiger partial charge in [-0.3, -0.25) is 0 Å². The topological polar surface area (TPSA) is 81.4 Å². The minimum atomic E-state index is -4.42. The van der Waals surface area contributed by atoms with Gasteiger partial charge in [0.1, 0.15) is 0 Å². The average Bonchev–Trinajstić information content (AvgIpc) is 3.32. The third-order valence-corrected chi connectivity index (χ3v) is 5.41. The van der Waals surface area contributed by atoms with Crippen molar-refractivity contribution in [3.05, 3.63) is 90.0 Å². The summed E-state index contributed by atoms with van der Waals surface area (Å²) >= 11 is 0. The Morgan fingerprint density at radius 1 is 0.973 bits per heavy atom. The summed E-state index contributed by atoms with van der Waals surface area (Å²) in [5.74, 6) is 0.351. The number of halogens is 3. The zero-order chi connectivity index (χ0) is 26.3. The summed E-state index contributed by atoms with van der Waals surface area (Å²) in [6.07, 6.45) is -5.12. The van der Waals surface area contributed by atoms with Crippen LogP contribution in [0.3, 0.4) is 0 Å². The van der Waals surface area contributed by atoms with Crippen molar-refractivity contribution >= 4 is 5.69 Å². The van der Waals surface area contributed by atoms with E-state index >= 15 is 0 Å². The molecule has 2 N–H and O–H groups in total. The number of ether oxygens (including phenoxy) is 2. The van der Waals surface area contributed by atoms with E-state index in [0.717, 1.165) is 23.4 Å². The van der Waals surface area contributed by atoms with Gasteiger partial charge >= 0.3 is 12.2 Å². The van der Waals surface area contributed by atoms with Crippen LogP contribution in [0.15, 0.2) is 78.9 Å². The molecule has 0 aliphatic carbocycles. The second-order valence-corrected chi connectivity index (χ2v) is 8.22. The molecule has 0 spiro atoms. The Morgan fingerprint density at radius 3 is 2.32 bits per heavy atom. The third kappa shape index (κ3) is 7.08. The molecule has 0 aliphatic heterocycles. The van der Waals surface area contributed by atoms with Crippen molar-refractivity contribution in [3.8, 4) is 23.1 Å². The van der Waals surface area contributed by atoms with Gasteiger partial charge in [0.25, 0.3) is 0 Å². The predicted molar refractivity (Wildman–Crippen MR) is 134 cm³/mol. The summed E-state index contributed by atoms with van der Waals surface area (Å²) < 4.78 is 51.4. The molecule has 10 heteroatoms. The Labute approximate surface area is 212 Å². The summed E-state index contributed by atoms with van der Waals surface area (Å²) in [5.41, 5.74) is 2.18. The van der Waals surface area contributed by atoms with Crippen molar-refractivity contribution in [3.63, 3.8) is 0 Å². The van der Waals surface area contributed by atoms with E-state index in [1.807, 2.05) is 42.5 Å². The Morgan fingerprint density at radius 2 is 1.68 bits per heavy atom. The number of anilines is 1. The molecular formula is C27H27F3N4O3. The lowest BCUT2D eigenvalue weighted by molar-refractivity contribution is -0.137. The standard InChI is InChI=1S/C27H27F3N4O3/c1-2-37-26-32-25(20-8-10-21(11-9-20)27(28,29)30)34(33-26)23-14-12-22(13-15-23)31-16-24(35)18-36-17-19-6-4-3-5-7-19/h3-15,24,31,35H,2,16-18H2,1H3/t24-/m0/s1. The fraction of sp³-hybridized carbons (Fsp3) is 0.259. The van der Waals surface area contributed by atoms with Crippen LogP contribution in [0.4, 0.5) is 18.9 Å². The number of nitrogens with one attached hydrogen (secondary N) is 1. The van der Waals surface area contributed by atoms with Gasteiger partial charge in [-0.1, -0.05) is 42.5 Å². The first kappa shape index (κ1) is 26.2. The Kier molecular flexibility index (Phi) is 8.42. The second-order valence-electron chi connectivity index (χ2n) is 8.22. The van der Waals surface area contributed by atoms with Crippen LogP contribution in [0.25, 0.3) is 17.1 Å². The number of hydrogen-bond acceptors (Lipinski definition) is 6. The molecule has 4 aromatic rings. The first-order chi connectivity index (χ1) is 17.8. The number of rotatable bonds is 11. The molecular weight excluding hydrogens is 485 g/mol. The molecule has 0 amide bonds. The number of aliphatic hydroxyl groups excluding tert-OH is 1. The maximum Gasteiger partial charge on any atom is 0.416 e. The van der Waals surface area contributed by atoms with Gasteiger partial charge in [0, 0.05) is 17.8 Å². The van der Waals surface area contributed by atoms with Crippen molar-refractivity contribution in [1.29, 1.82) is 0 Å². The first-order valence-electron chi connectivity index (χ1n) is 11.7. The summed E-state index contributed by atoms with van der Waals surface area (Å²) in [7, 11) is 0. The summed E-state index contributed by atoms with van der Waals surface area (Å²) in [5, 5.41) is 17.7. The number of hydrogen-bond donors (Lipinski definition) is 2. The van der Waals surface area contributed by atoms with Crippen molar-refractivity contribution < 1.29 is 27.8 Å². The molecule has 0 saturated heterocycles. The molecule has 1 aromatic heterocycles. The molecule has 0 bridgehead atoms. The number of aromatic nitrogens is 3. The zero-order valence-electron chi connectivity index (χ0n) is 20.2. The fourth-order valence-electron chi connectivity index (χ4n) is 3.56. The first-order valence-corrected chi connectivity index (χ1v) is 11.7. The highest BCUT2D eigenvalue weighted by Gasteiger charge is 2.30.